The van der Waals surface area contributed by atoms with E-state index in [1.54, 1.807) is 49.1 Å². The van der Waals surface area contributed by atoms with Gasteiger partial charge in [0.15, 0.2) is 0 Å². The van der Waals surface area contributed by atoms with E-state index in [1.807, 2.05) is 19.9 Å². The lowest BCUT2D eigenvalue weighted by Gasteiger charge is -2.14. The second-order valence-electron chi connectivity index (χ2n) is 9.36. The van der Waals surface area contributed by atoms with Gasteiger partial charge < -0.3 is 18.9 Å². The Morgan fingerprint density at radius 1 is 1.08 bits per heavy atom. The van der Waals surface area contributed by atoms with Gasteiger partial charge in [-0.05, 0) is 56.2 Å². The van der Waals surface area contributed by atoms with Crippen molar-refractivity contribution in [2.75, 3.05) is 0 Å². The zero-order valence-electron chi connectivity index (χ0n) is 21.4. The van der Waals surface area contributed by atoms with Crippen LogP contribution in [-0.4, -0.2) is 37.1 Å². The highest BCUT2D eigenvalue weighted by Crippen LogP contribution is 2.41. The van der Waals surface area contributed by atoms with Crippen LogP contribution in [-0.2, 0) is 0 Å². The molecule has 0 aliphatic carbocycles. The fourth-order valence-corrected chi connectivity index (χ4v) is 4.54. The largest absolute Gasteiger partial charge is 0.573 e. The summed E-state index contributed by atoms with van der Waals surface area (Å²) in [6.07, 6.45) is -0.0660. The number of hydrogen-bond acceptors (Lipinski definition) is 6. The number of aryl methyl sites for hydroxylation is 2. The molecule has 200 valence electrons. The summed E-state index contributed by atoms with van der Waals surface area (Å²) in [5.41, 5.74) is 4.11. The maximum atomic E-state index is 13.4. The highest BCUT2D eigenvalue weighted by molar-refractivity contribution is 6.00. The van der Waals surface area contributed by atoms with Crippen molar-refractivity contribution in [2.45, 2.75) is 40.0 Å². The number of ether oxygens (including phenoxy) is 1. The molecule has 0 amide bonds. The van der Waals surface area contributed by atoms with Crippen molar-refractivity contribution in [2.24, 2.45) is 0 Å². The highest BCUT2D eigenvalue weighted by Gasteiger charge is 2.33. The average molecular weight is 537 g/mol. The molecule has 0 saturated heterocycles. The second-order valence-corrected chi connectivity index (χ2v) is 9.36. The van der Waals surface area contributed by atoms with Gasteiger partial charge in [0.05, 0.1) is 16.9 Å². The third-order valence-electron chi connectivity index (χ3n) is 6.34. The van der Waals surface area contributed by atoms with E-state index >= 15 is 0 Å². The molecule has 0 aliphatic rings. The second kappa shape index (κ2) is 9.57. The zero-order valence-corrected chi connectivity index (χ0v) is 21.4. The SMILES string of the molecule is Cc1noc(C)c1-c1cnc2c(c1)c(-c1ccc(C(=O)O)cc1OC(F)(F)F)cn2-c1ccnc(C(C)C)c1. The number of alkyl halides is 3. The molecule has 0 aliphatic heterocycles. The molecule has 4 heterocycles. The van der Waals surface area contributed by atoms with Crippen LogP contribution in [0.4, 0.5) is 13.2 Å². The van der Waals surface area contributed by atoms with Crippen LogP contribution in [0.1, 0.15) is 47.3 Å². The maximum Gasteiger partial charge on any atom is 0.573 e. The predicted molar refractivity (Wildman–Crippen MR) is 137 cm³/mol. The van der Waals surface area contributed by atoms with Crippen molar-refractivity contribution >= 4 is 17.0 Å². The molecule has 1 aromatic carbocycles. The Morgan fingerprint density at radius 2 is 1.85 bits per heavy atom. The molecular weight excluding hydrogens is 513 g/mol. The number of hydrogen-bond donors (Lipinski definition) is 1. The van der Waals surface area contributed by atoms with Crippen LogP contribution in [0.25, 0.3) is 39.0 Å². The molecule has 39 heavy (non-hydrogen) atoms. The third-order valence-corrected chi connectivity index (χ3v) is 6.34. The lowest BCUT2D eigenvalue weighted by atomic mass is 10.00. The number of benzene rings is 1. The Kier molecular flexibility index (Phi) is 6.37. The van der Waals surface area contributed by atoms with Crippen LogP contribution in [0.3, 0.4) is 0 Å². The molecule has 0 saturated carbocycles. The Balaban J connectivity index is 1.81. The topological polar surface area (TPSA) is 103 Å². The monoisotopic (exact) mass is 536 g/mol. The minimum Gasteiger partial charge on any atom is -0.478 e. The molecule has 8 nitrogen and oxygen atoms in total. The summed E-state index contributed by atoms with van der Waals surface area (Å²) in [5, 5.41) is 13.9. The normalized spacial score (nSPS) is 11.9. The molecule has 0 atom stereocenters. The van der Waals surface area contributed by atoms with Crippen LogP contribution < -0.4 is 4.74 Å². The van der Waals surface area contributed by atoms with Crippen molar-refractivity contribution in [3.8, 4) is 33.7 Å². The Bertz CT molecular complexity index is 1700. The number of fused-ring (bicyclic) bond motifs is 1. The predicted octanol–water partition coefficient (Wildman–Crippen LogP) is 7.08. The van der Waals surface area contributed by atoms with E-state index in [4.69, 9.17) is 4.52 Å². The van der Waals surface area contributed by atoms with Gasteiger partial charge in [0.2, 0.25) is 0 Å². The van der Waals surface area contributed by atoms with Gasteiger partial charge in [-0.15, -0.1) is 13.2 Å². The smallest absolute Gasteiger partial charge is 0.478 e. The Labute approximate surface area is 220 Å². The summed E-state index contributed by atoms with van der Waals surface area (Å²) in [5.74, 6) is -1.31. The molecule has 1 N–H and O–H groups in total. The molecule has 5 aromatic rings. The van der Waals surface area contributed by atoms with Crippen LogP contribution in [0.5, 0.6) is 5.75 Å². The quantitative estimate of drug-likeness (QED) is 0.247. The van der Waals surface area contributed by atoms with E-state index in [0.717, 1.165) is 17.3 Å². The van der Waals surface area contributed by atoms with E-state index in [1.165, 1.54) is 12.1 Å². The summed E-state index contributed by atoms with van der Waals surface area (Å²) in [6, 6.07) is 8.87. The molecule has 5 rings (SSSR count). The Morgan fingerprint density at radius 3 is 2.49 bits per heavy atom. The number of carboxylic acids is 1. The van der Waals surface area contributed by atoms with Gasteiger partial charge in [-0.25, -0.2) is 9.78 Å². The van der Waals surface area contributed by atoms with Gasteiger partial charge in [0.1, 0.15) is 17.2 Å². The van der Waals surface area contributed by atoms with Gasteiger partial charge in [-0.2, -0.15) is 0 Å². The molecule has 0 radical (unpaired) electrons. The van der Waals surface area contributed by atoms with Crippen LogP contribution in [0.2, 0.25) is 0 Å². The average Bonchev–Trinajstić information content (AvgIpc) is 3.42. The van der Waals surface area contributed by atoms with Gasteiger partial charge >= 0.3 is 12.3 Å². The van der Waals surface area contributed by atoms with E-state index in [-0.39, 0.29) is 17.0 Å². The van der Waals surface area contributed by atoms with Crippen LogP contribution in [0, 0.1) is 13.8 Å². The first-order valence-electron chi connectivity index (χ1n) is 12.0. The molecule has 0 bridgehead atoms. The van der Waals surface area contributed by atoms with Crippen molar-refractivity contribution in [1.82, 2.24) is 19.7 Å². The summed E-state index contributed by atoms with van der Waals surface area (Å²) >= 11 is 0. The fourth-order valence-electron chi connectivity index (χ4n) is 4.54. The lowest BCUT2D eigenvalue weighted by Crippen LogP contribution is -2.18. The maximum absolute atomic E-state index is 13.4. The van der Waals surface area contributed by atoms with Gasteiger partial charge in [-0.3, -0.25) is 4.98 Å². The standard InChI is InChI=1S/C28H23F3N4O4/c1-14(2)23-11-19(7-8-32-23)35-13-22(20-6-5-17(27(36)37)10-24(20)38-28(29,30)31)21-9-18(12-33-26(21)35)25-15(3)34-39-16(25)4/h5-14H,1-4H3,(H,36,37). The van der Waals surface area contributed by atoms with E-state index in [2.05, 4.69) is 19.9 Å². The number of nitrogens with zero attached hydrogens (tertiary/aromatic N) is 4. The summed E-state index contributed by atoms with van der Waals surface area (Å²) in [4.78, 5) is 20.6. The Hall–Kier alpha value is -4.67. The number of aromatic nitrogens is 4. The number of carbonyl (C=O) groups is 1. The molecular formula is C28H23F3N4O4. The van der Waals surface area contributed by atoms with Gasteiger partial charge in [0.25, 0.3) is 0 Å². The first kappa shape index (κ1) is 26.0. The van der Waals surface area contributed by atoms with Gasteiger partial charge in [0, 0.05) is 51.9 Å². The van der Waals surface area contributed by atoms with E-state index < -0.39 is 18.1 Å². The fraction of sp³-hybridized carbons (Fsp3) is 0.214. The number of pyridine rings is 2. The lowest BCUT2D eigenvalue weighted by molar-refractivity contribution is -0.274. The number of rotatable bonds is 6. The minimum absolute atomic E-state index is 0.0527. The molecule has 11 heteroatoms. The highest BCUT2D eigenvalue weighted by atomic mass is 19.4. The van der Waals surface area contributed by atoms with Crippen molar-refractivity contribution in [3.63, 3.8) is 0 Å². The zero-order chi connectivity index (χ0) is 28.1. The summed E-state index contributed by atoms with van der Waals surface area (Å²) < 4.78 is 51.6. The first-order chi connectivity index (χ1) is 18.4. The number of aromatic carboxylic acids is 1. The van der Waals surface area contributed by atoms with Crippen molar-refractivity contribution in [3.05, 3.63) is 77.7 Å². The first-order valence-corrected chi connectivity index (χ1v) is 12.0. The number of halogens is 3. The van der Waals surface area contributed by atoms with Gasteiger partial charge in [-0.1, -0.05) is 19.0 Å². The van der Waals surface area contributed by atoms with Crippen LogP contribution >= 0.6 is 0 Å². The summed E-state index contributed by atoms with van der Waals surface area (Å²) in [6.45, 7) is 7.55. The van der Waals surface area contributed by atoms with E-state index in [0.29, 0.717) is 39.3 Å². The molecule has 4 aromatic heterocycles. The molecule has 0 fully saturated rings. The van der Waals surface area contributed by atoms with Crippen molar-refractivity contribution < 1.29 is 32.3 Å². The van der Waals surface area contributed by atoms with E-state index in [9.17, 15) is 23.1 Å². The summed E-state index contributed by atoms with van der Waals surface area (Å²) in [7, 11) is 0. The minimum atomic E-state index is -5.04. The van der Waals surface area contributed by atoms with Crippen molar-refractivity contribution in [1.29, 1.82) is 0 Å². The number of carboxylic acid groups (broad SMARTS) is 1. The molecule has 0 unspecified atom stereocenters. The molecule has 0 spiro atoms. The van der Waals surface area contributed by atoms with Crippen LogP contribution in [0.15, 0.2) is 59.5 Å². The third kappa shape index (κ3) is 4.95.